The summed E-state index contributed by atoms with van der Waals surface area (Å²) in [7, 11) is 0. The largest absolute Gasteiger partial charge is 0.503 e. The van der Waals surface area contributed by atoms with E-state index in [4.69, 9.17) is 20.4 Å². The fourth-order valence-electron chi connectivity index (χ4n) is 0.663. The molecule has 0 radical (unpaired) electrons. The Balaban J connectivity index is 3.34. The maximum atomic E-state index is 10.2. The summed E-state index contributed by atoms with van der Waals surface area (Å²) >= 11 is 0. The van der Waals surface area contributed by atoms with Gasteiger partial charge in [0.1, 0.15) is 0 Å². The minimum Gasteiger partial charge on any atom is -0.503 e. The minimum atomic E-state index is -1.57. The van der Waals surface area contributed by atoms with Crippen LogP contribution < -0.4 is 0 Å². The van der Waals surface area contributed by atoms with E-state index < -0.39 is 23.6 Å². The summed E-state index contributed by atoms with van der Waals surface area (Å²) in [5, 5.41) is 34.5. The van der Waals surface area contributed by atoms with Gasteiger partial charge in [-0.15, -0.1) is 0 Å². The maximum absolute atomic E-state index is 10.2. The predicted molar refractivity (Wildman–Crippen MR) is 32.8 cm³/mol. The van der Waals surface area contributed by atoms with Crippen LogP contribution >= 0.6 is 0 Å². The van der Waals surface area contributed by atoms with Gasteiger partial charge in [0.15, 0.2) is 5.75 Å². The Bertz CT molecular complexity index is 302. The van der Waals surface area contributed by atoms with Crippen molar-refractivity contribution in [1.82, 2.24) is 4.57 Å². The molecule has 0 saturated heterocycles. The van der Waals surface area contributed by atoms with E-state index in [9.17, 15) is 4.79 Å². The maximum Gasteiger partial charge on any atom is 0.421 e. The van der Waals surface area contributed by atoms with Crippen molar-refractivity contribution in [1.29, 1.82) is 0 Å². The first-order chi connectivity index (χ1) is 5.04. The molecule has 1 rings (SSSR count). The van der Waals surface area contributed by atoms with Gasteiger partial charge in [-0.25, -0.2) is 4.79 Å². The second kappa shape index (κ2) is 2.08. The standard InChI is InChI=1S/C5H5NO5/c7-2-1-3(8)6(4(2)9)5(10)11/h1,7-9H,(H,10,11). The Labute approximate surface area is 60.6 Å². The Morgan fingerprint density at radius 1 is 1.36 bits per heavy atom. The molecule has 6 heteroatoms. The van der Waals surface area contributed by atoms with Crippen molar-refractivity contribution in [3.8, 4) is 17.5 Å². The molecule has 0 bridgehead atoms. The SMILES string of the molecule is O=C(O)n1c(O)cc(O)c1O. The molecular weight excluding hydrogens is 154 g/mol. The molecule has 4 N–H and O–H groups in total. The Morgan fingerprint density at radius 2 is 1.91 bits per heavy atom. The summed E-state index contributed by atoms with van der Waals surface area (Å²) in [6.45, 7) is 0. The molecule has 0 unspecified atom stereocenters. The molecule has 1 aromatic rings. The van der Waals surface area contributed by atoms with Gasteiger partial charge < -0.3 is 20.4 Å². The second-order valence-electron chi connectivity index (χ2n) is 1.83. The van der Waals surface area contributed by atoms with E-state index in [0.717, 1.165) is 6.07 Å². The van der Waals surface area contributed by atoms with Crippen molar-refractivity contribution in [2.24, 2.45) is 0 Å². The lowest BCUT2D eigenvalue weighted by atomic mass is 10.6. The number of nitrogens with zero attached hydrogens (tertiary/aromatic N) is 1. The summed E-state index contributed by atoms with van der Waals surface area (Å²) in [5.41, 5.74) is 0. The fraction of sp³-hybridized carbons (Fsp3) is 0. The van der Waals surface area contributed by atoms with E-state index in [1.165, 1.54) is 0 Å². The number of aromatic nitrogens is 1. The molecule has 1 aromatic heterocycles. The summed E-state index contributed by atoms with van der Waals surface area (Å²) in [6.07, 6.45) is -1.57. The number of aromatic hydroxyl groups is 3. The van der Waals surface area contributed by atoms with E-state index in [1.807, 2.05) is 0 Å². The summed E-state index contributed by atoms with van der Waals surface area (Å²) in [6, 6.07) is 0.726. The molecule has 6 nitrogen and oxygen atoms in total. The minimum absolute atomic E-state index is 0.148. The topological polar surface area (TPSA) is 103 Å². The molecule has 1 heterocycles. The molecule has 0 aliphatic rings. The zero-order valence-electron chi connectivity index (χ0n) is 5.22. The molecule has 0 spiro atoms. The Hall–Kier alpha value is -1.85. The van der Waals surface area contributed by atoms with Gasteiger partial charge >= 0.3 is 6.09 Å². The zero-order valence-corrected chi connectivity index (χ0v) is 5.22. The van der Waals surface area contributed by atoms with Gasteiger partial charge in [-0.3, -0.25) is 0 Å². The molecule has 60 valence electrons. The molecule has 0 aliphatic heterocycles. The number of carboxylic acid groups (broad SMARTS) is 1. The first kappa shape index (κ1) is 7.26. The van der Waals surface area contributed by atoms with Crippen molar-refractivity contribution >= 4 is 6.09 Å². The van der Waals surface area contributed by atoms with Crippen molar-refractivity contribution in [2.75, 3.05) is 0 Å². The normalized spacial score (nSPS) is 9.82. The fourth-order valence-corrected chi connectivity index (χ4v) is 0.663. The van der Waals surface area contributed by atoms with Crippen molar-refractivity contribution in [2.45, 2.75) is 0 Å². The third-order valence-corrected chi connectivity index (χ3v) is 1.13. The van der Waals surface area contributed by atoms with Crippen LogP contribution in [-0.4, -0.2) is 31.1 Å². The average molecular weight is 159 g/mol. The number of hydrogen-bond donors (Lipinski definition) is 4. The lowest BCUT2D eigenvalue weighted by Crippen LogP contribution is -2.05. The average Bonchev–Trinajstić information content (AvgIpc) is 2.07. The molecular formula is C5H5NO5. The van der Waals surface area contributed by atoms with E-state index >= 15 is 0 Å². The van der Waals surface area contributed by atoms with Crippen molar-refractivity contribution in [3.63, 3.8) is 0 Å². The van der Waals surface area contributed by atoms with Gasteiger partial charge in [0.05, 0.1) is 0 Å². The lowest BCUT2D eigenvalue weighted by molar-refractivity contribution is 0.189. The van der Waals surface area contributed by atoms with Crippen LogP contribution in [0.5, 0.6) is 17.5 Å². The van der Waals surface area contributed by atoms with Gasteiger partial charge in [-0.05, 0) is 0 Å². The zero-order chi connectivity index (χ0) is 8.59. The monoisotopic (exact) mass is 159 g/mol. The number of carbonyl (C=O) groups is 1. The molecule has 11 heavy (non-hydrogen) atoms. The number of hydrogen-bond acceptors (Lipinski definition) is 4. The van der Waals surface area contributed by atoms with Crippen LogP contribution in [0.3, 0.4) is 0 Å². The first-order valence-electron chi connectivity index (χ1n) is 2.60. The smallest absolute Gasteiger partial charge is 0.421 e. The summed E-state index contributed by atoms with van der Waals surface area (Å²) in [4.78, 5) is 10.2. The predicted octanol–water partition coefficient (Wildman–Crippen LogP) is 0.131. The molecule has 0 saturated carbocycles. The summed E-state index contributed by atoms with van der Waals surface area (Å²) < 4.78 is 0.148. The van der Waals surface area contributed by atoms with Gasteiger partial charge in [-0.1, -0.05) is 0 Å². The third kappa shape index (κ3) is 0.936. The molecule has 0 aromatic carbocycles. The highest BCUT2D eigenvalue weighted by Crippen LogP contribution is 2.32. The quantitative estimate of drug-likeness (QED) is 0.430. The molecule has 0 atom stereocenters. The van der Waals surface area contributed by atoms with E-state index in [-0.39, 0.29) is 4.57 Å². The van der Waals surface area contributed by atoms with E-state index in [0.29, 0.717) is 0 Å². The van der Waals surface area contributed by atoms with Crippen molar-refractivity contribution < 1.29 is 25.2 Å². The van der Waals surface area contributed by atoms with Gasteiger partial charge in [0.2, 0.25) is 11.8 Å². The number of rotatable bonds is 0. The van der Waals surface area contributed by atoms with Crippen LogP contribution in [0.25, 0.3) is 0 Å². The van der Waals surface area contributed by atoms with Crippen LogP contribution in [0.1, 0.15) is 0 Å². The van der Waals surface area contributed by atoms with Crippen molar-refractivity contribution in [3.05, 3.63) is 6.07 Å². The highest BCUT2D eigenvalue weighted by atomic mass is 16.4. The first-order valence-corrected chi connectivity index (χ1v) is 2.60. The third-order valence-electron chi connectivity index (χ3n) is 1.13. The van der Waals surface area contributed by atoms with Crippen LogP contribution in [0.2, 0.25) is 0 Å². The van der Waals surface area contributed by atoms with Crippen LogP contribution in [0, 0.1) is 0 Å². The van der Waals surface area contributed by atoms with Gasteiger partial charge in [-0.2, -0.15) is 4.57 Å². The van der Waals surface area contributed by atoms with Gasteiger partial charge in [0, 0.05) is 6.07 Å². The van der Waals surface area contributed by atoms with E-state index in [2.05, 4.69) is 0 Å². The Morgan fingerprint density at radius 3 is 2.09 bits per heavy atom. The van der Waals surface area contributed by atoms with Crippen LogP contribution in [-0.2, 0) is 0 Å². The highest BCUT2D eigenvalue weighted by molar-refractivity contribution is 5.74. The van der Waals surface area contributed by atoms with E-state index in [1.54, 1.807) is 0 Å². The van der Waals surface area contributed by atoms with Crippen LogP contribution in [0.4, 0.5) is 4.79 Å². The molecule has 0 amide bonds. The second-order valence-corrected chi connectivity index (χ2v) is 1.83. The molecule has 0 fully saturated rings. The lowest BCUT2D eigenvalue weighted by Gasteiger charge is -1.96. The van der Waals surface area contributed by atoms with Gasteiger partial charge in [0.25, 0.3) is 0 Å². The molecule has 0 aliphatic carbocycles. The van der Waals surface area contributed by atoms with Crippen LogP contribution in [0.15, 0.2) is 6.07 Å². The summed E-state index contributed by atoms with van der Waals surface area (Å²) in [5.74, 6) is -2.30. The highest BCUT2D eigenvalue weighted by Gasteiger charge is 2.17. The Kier molecular flexibility index (Phi) is 1.37.